The van der Waals surface area contributed by atoms with Gasteiger partial charge in [0.2, 0.25) is 5.91 Å². The Balaban J connectivity index is 1.47. The molecule has 2 rings (SSSR count). The Hall–Kier alpha value is -1.59. The molecule has 1 fully saturated rings. The lowest BCUT2D eigenvalue weighted by molar-refractivity contribution is -0.121. The van der Waals surface area contributed by atoms with Crippen molar-refractivity contribution in [2.75, 3.05) is 45.9 Å². The lowest BCUT2D eigenvalue weighted by Crippen LogP contribution is -2.44. The topological polar surface area (TPSA) is 53.6 Å². The summed E-state index contributed by atoms with van der Waals surface area (Å²) in [7, 11) is 0. The number of piperazine rings is 1. The maximum Gasteiger partial charge on any atom is 0.223 e. The van der Waals surface area contributed by atoms with Gasteiger partial charge in [-0.05, 0) is 25.1 Å². The molecule has 1 aromatic carbocycles. The minimum Gasteiger partial charge on any atom is -0.493 e. The molecule has 5 nitrogen and oxygen atoms in total. The molecule has 0 spiro atoms. The summed E-state index contributed by atoms with van der Waals surface area (Å²) in [4.78, 5) is 14.1. The maximum absolute atomic E-state index is 11.7. The fraction of sp³-hybridized carbons (Fsp3) is 0.562. The lowest BCUT2D eigenvalue weighted by Gasteiger charge is -2.27. The SMILES string of the molecule is O=C(CCOc1ccccc1)NCCCN1CCNCC1. The van der Waals surface area contributed by atoms with E-state index in [1.165, 1.54) is 0 Å². The van der Waals surface area contributed by atoms with E-state index in [2.05, 4.69) is 15.5 Å². The number of hydrogen-bond acceptors (Lipinski definition) is 4. The van der Waals surface area contributed by atoms with Crippen molar-refractivity contribution in [1.82, 2.24) is 15.5 Å². The summed E-state index contributed by atoms with van der Waals surface area (Å²) in [6.07, 6.45) is 1.41. The van der Waals surface area contributed by atoms with Gasteiger partial charge >= 0.3 is 0 Å². The first-order valence-electron chi connectivity index (χ1n) is 7.72. The fourth-order valence-corrected chi connectivity index (χ4v) is 2.33. The number of para-hydroxylation sites is 1. The van der Waals surface area contributed by atoms with Crippen molar-refractivity contribution in [3.63, 3.8) is 0 Å². The van der Waals surface area contributed by atoms with Gasteiger partial charge in [-0.1, -0.05) is 18.2 Å². The second-order valence-corrected chi connectivity index (χ2v) is 5.21. The summed E-state index contributed by atoms with van der Waals surface area (Å²) in [5.74, 6) is 0.871. The Morgan fingerprint density at radius 1 is 1.24 bits per heavy atom. The number of hydrogen-bond donors (Lipinski definition) is 2. The average molecular weight is 291 g/mol. The molecule has 21 heavy (non-hydrogen) atoms. The molecule has 116 valence electrons. The number of nitrogens with zero attached hydrogens (tertiary/aromatic N) is 1. The van der Waals surface area contributed by atoms with E-state index in [0.717, 1.165) is 51.4 Å². The molecule has 1 amide bonds. The van der Waals surface area contributed by atoms with Crippen LogP contribution in [0.5, 0.6) is 5.75 Å². The van der Waals surface area contributed by atoms with Gasteiger partial charge in [-0.25, -0.2) is 0 Å². The van der Waals surface area contributed by atoms with E-state index in [1.807, 2.05) is 30.3 Å². The highest BCUT2D eigenvalue weighted by molar-refractivity contribution is 5.75. The van der Waals surface area contributed by atoms with Crippen LogP contribution in [0.2, 0.25) is 0 Å². The monoisotopic (exact) mass is 291 g/mol. The molecule has 5 heteroatoms. The van der Waals surface area contributed by atoms with Crippen LogP contribution < -0.4 is 15.4 Å². The van der Waals surface area contributed by atoms with Gasteiger partial charge < -0.3 is 20.3 Å². The van der Waals surface area contributed by atoms with E-state index in [4.69, 9.17) is 4.74 Å². The summed E-state index contributed by atoms with van der Waals surface area (Å²) in [6, 6.07) is 9.58. The highest BCUT2D eigenvalue weighted by Crippen LogP contribution is 2.08. The van der Waals surface area contributed by atoms with Crippen LogP contribution in [-0.2, 0) is 4.79 Å². The fourth-order valence-electron chi connectivity index (χ4n) is 2.33. The van der Waals surface area contributed by atoms with Gasteiger partial charge in [-0.3, -0.25) is 4.79 Å². The van der Waals surface area contributed by atoms with Crippen molar-refractivity contribution in [3.8, 4) is 5.75 Å². The second kappa shape index (κ2) is 9.37. The molecule has 1 aromatic rings. The van der Waals surface area contributed by atoms with E-state index < -0.39 is 0 Å². The summed E-state index contributed by atoms with van der Waals surface area (Å²) in [5.41, 5.74) is 0. The van der Waals surface area contributed by atoms with E-state index in [9.17, 15) is 4.79 Å². The summed E-state index contributed by atoms with van der Waals surface area (Å²) < 4.78 is 5.50. The highest BCUT2D eigenvalue weighted by atomic mass is 16.5. The molecule has 0 atom stereocenters. The van der Waals surface area contributed by atoms with Crippen LogP contribution in [0.15, 0.2) is 30.3 Å². The number of nitrogens with one attached hydrogen (secondary N) is 2. The maximum atomic E-state index is 11.7. The zero-order valence-electron chi connectivity index (χ0n) is 12.5. The molecule has 0 aliphatic carbocycles. The Morgan fingerprint density at radius 2 is 2.00 bits per heavy atom. The molecular formula is C16H25N3O2. The molecule has 1 aliphatic rings. The predicted molar refractivity (Wildman–Crippen MR) is 83.5 cm³/mol. The number of rotatable bonds is 8. The van der Waals surface area contributed by atoms with Crippen molar-refractivity contribution in [2.45, 2.75) is 12.8 Å². The molecule has 1 saturated heterocycles. The number of ether oxygens (including phenoxy) is 1. The predicted octanol–water partition coefficient (Wildman–Crippen LogP) is 0.867. The molecule has 0 saturated carbocycles. The largest absolute Gasteiger partial charge is 0.493 e. The van der Waals surface area contributed by atoms with Crippen LogP contribution in [-0.4, -0.2) is 56.7 Å². The van der Waals surface area contributed by atoms with Gasteiger partial charge in [0.15, 0.2) is 0 Å². The van der Waals surface area contributed by atoms with Crippen molar-refractivity contribution >= 4 is 5.91 Å². The van der Waals surface area contributed by atoms with E-state index in [-0.39, 0.29) is 5.91 Å². The van der Waals surface area contributed by atoms with Crippen molar-refractivity contribution in [3.05, 3.63) is 30.3 Å². The van der Waals surface area contributed by atoms with Crippen molar-refractivity contribution in [2.24, 2.45) is 0 Å². The van der Waals surface area contributed by atoms with Crippen molar-refractivity contribution < 1.29 is 9.53 Å². The first-order valence-corrected chi connectivity index (χ1v) is 7.72. The Morgan fingerprint density at radius 3 is 2.76 bits per heavy atom. The van der Waals surface area contributed by atoms with Crippen LogP contribution in [0.25, 0.3) is 0 Å². The number of benzene rings is 1. The van der Waals surface area contributed by atoms with Crippen LogP contribution in [0, 0.1) is 0 Å². The Labute approximate surface area is 126 Å². The third kappa shape index (κ3) is 6.60. The van der Waals surface area contributed by atoms with E-state index >= 15 is 0 Å². The molecule has 0 bridgehead atoms. The summed E-state index contributed by atoms with van der Waals surface area (Å²) >= 11 is 0. The minimum atomic E-state index is 0.0613. The average Bonchev–Trinajstić information content (AvgIpc) is 2.54. The first-order chi connectivity index (χ1) is 10.3. The molecule has 2 N–H and O–H groups in total. The van der Waals surface area contributed by atoms with Crippen molar-refractivity contribution in [1.29, 1.82) is 0 Å². The van der Waals surface area contributed by atoms with Crippen LogP contribution in [0.3, 0.4) is 0 Å². The number of carbonyl (C=O) groups excluding carboxylic acids is 1. The Kier molecular flexibility index (Phi) is 7.04. The third-order valence-corrected chi connectivity index (χ3v) is 3.52. The van der Waals surface area contributed by atoms with E-state index in [1.54, 1.807) is 0 Å². The highest BCUT2D eigenvalue weighted by Gasteiger charge is 2.08. The zero-order valence-corrected chi connectivity index (χ0v) is 12.5. The lowest BCUT2D eigenvalue weighted by atomic mass is 10.3. The van der Waals surface area contributed by atoms with E-state index in [0.29, 0.717) is 13.0 Å². The first kappa shape index (κ1) is 15.8. The molecule has 0 aromatic heterocycles. The molecule has 0 radical (unpaired) electrons. The number of carbonyl (C=O) groups is 1. The normalized spacial score (nSPS) is 15.6. The standard InChI is InChI=1S/C16H25N3O2/c20-16(7-14-21-15-5-2-1-3-6-15)18-8-4-11-19-12-9-17-10-13-19/h1-3,5-6,17H,4,7-14H2,(H,18,20). The van der Waals surface area contributed by atoms with Crippen LogP contribution >= 0.6 is 0 Å². The smallest absolute Gasteiger partial charge is 0.223 e. The van der Waals surface area contributed by atoms with Gasteiger partial charge in [0.25, 0.3) is 0 Å². The minimum absolute atomic E-state index is 0.0613. The molecule has 1 aliphatic heterocycles. The second-order valence-electron chi connectivity index (χ2n) is 5.21. The number of amides is 1. The summed E-state index contributed by atoms with van der Waals surface area (Å²) in [6.45, 7) is 6.59. The van der Waals surface area contributed by atoms with Gasteiger partial charge in [0.1, 0.15) is 5.75 Å². The summed E-state index contributed by atoms with van der Waals surface area (Å²) in [5, 5.41) is 6.28. The Bertz CT molecular complexity index is 405. The third-order valence-electron chi connectivity index (χ3n) is 3.52. The van der Waals surface area contributed by atoms with Gasteiger partial charge in [0.05, 0.1) is 13.0 Å². The molecule has 0 unspecified atom stereocenters. The molecule has 1 heterocycles. The van der Waals surface area contributed by atoms with Gasteiger partial charge in [-0.15, -0.1) is 0 Å². The van der Waals surface area contributed by atoms with Gasteiger partial charge in [0, 0.05) is 32.7 Å². The zero-order chi connectivity index (χ0) is 14.8. The van der Waals surface area contributed by atoms with Crippen LogP contribution in [0.1, 0.15) is 12.8 Å². The molecular weight excluding hydrogens is 266 g/mol. The quantitative estimate of drug-likeness (QED) is 0.698. The van der Waals surface area contributed by atoms with Gasteiger partial charge in [-0.2, -0.15) is 0 Å². The van der Waals surface area contributed by atoms with Crippen LogP contribution in [0.4, 0.5) is 0 Å².